The molecule has 0 N–H and O–H groups in total. The highest BCUT2D eigenvalue weighted by atomic mass is 79.9. The van der Waals surface area contributed by atoms with Crippen molar-refractivity contribution in [2.45, 2.75) is 0 Å². The van der Waals surface area contributed by atoms with Gasteiger partial charge in [-0.05, 0) is 12.1 Å². The van der Waals surface area contributed by atoms with Gasteiger partial charge in [0.15, 0.2) is 5.82 Å². The van der Waals surface area contributed by atoms with E-state index in [-0.39, 0.29) is 0 Å². The summed E-state index contributed by atoms with van der Waals surface area (Å²) in [5.74, 6) is 0.426. The number of rotatable bonds is 2. The van der Waals surface area contributed by atoms with Crippen LogP contribution in [0.4, 0.5) is 0 Å². The second kappa shape index (κ2) is 4.03. The van der Waals surface area contributed by atoms with Crippen molar-refractivity contribution in [2.75, 3.05) is 6.26 Å². The molecule has 1 heterocycles. The van der Waals surface area contributed by atoms with Crippen molar-refractivity contribution in [3.05, 3.63) is 41.1 Å². The highest BCUT2D eigenvalue weighted by molar-refractivity contribution is 9.10. The second-order valence-corrected chi connectivity index (χ2v) is 6.09. The molecule has 1 aromatic carbocycles. The van der Waals surface area contributed by atoms with Gasteiger partial charge in [-0.2, -0.15) is 0 Å². The molecule has 0 saturated carbocycles. The monoisotopic (exact) mass is 300 g/mol. The quantitative estimate of drug-likeness (QED) is 0.854. The molecule has 2 aromatic rings. The summed E-state index contributed by atoms with van der Waals surface area (Å²) in [6, 6.07) is 7.31. The highest BCUT2D eigenvalue weighted by Gasteiger charge is 2.12. The first-order valence-electron chi connectivity index (χ1n) is 4.48. The lowest BCUT2D eigenvalue weighted by Gasteiger charge is -2.04. The average molecular weight is 301 g/mol. The molecule has 84 valence electrons. The average Bonchev–Trinajstić information content (AvgIpc) is 2.66. The Bertz CT molecular complexity index is 602. The molecule has 0 atom stereocenters. The standard InChI is InChI=1S/C10H9BrN2O2S/c1-16(14,15)13-7-6-12-10(13)8-2-4-9(11)5-3-8/h2-7H,1H3. The zero-order valence-corrected chi connectivity index (χ0v) is 10.9. The first-order valence-corrected chi connectivity index (χ1v) is 7.12. The molecule has 0 aliphatic carbocycles. The number of hydrogen-bond donors (Lipinski definition) is 0. The van der Waals surface area contributed by atoms with Crippen LogP contribution in [0.5, 0.6) is 0 Å². The Morgan fingerprint density at radius 3 is 2.44 bits per heavy atom. The fraction of sp³-hybridized carbons (Fsp3) is 0.100. The van der Waals surface area contributed by atoms with Gasteiger partial charge in [-0.15, -0.1) is 0 Å². The van der Waals surface area contributed by atoms with E-state index in [9.17, 15) is 8.42 Å². The van der Waals surface area contributed by atoms with Crippen LogP contribution in [0.15, 0.2) is 41.1 Å². The maximum absolute atomic E-state index is 11.5. The van der Waals surface area contributed by atoms with Crippen LogP contribution < -0.4 is 0 Å². The molecule has 0 aliphatic rings. The molecule has 0 aliphatic heterocycles. The zero-order valence-electron chi connectivity index (χ0n) is 8.46. The zero-order chi connectivity index (χ0) is 11.8. The lowest BCUT2D eigenvalue weighted by atomic mass is 10.2. The lowest BCUT2D eigenvalue weighted by Crippen LogP contribution is -2.10. The van der Waals surface area contributed by atoms with E-state index in [0.29, 0.717) is 5.82 Å². The molecule has 2 rings (SSSR count). The Balaban J connectivity index is 2.58. The van der Waals surface area contributed by atoms with Crippen LogP contribution in [-0.2, 0) is 10.0 Å². The summed E-state index contributed by atoms with van der Waals surface area (Å²) in [5.41, 5.74) is 0.763. The van der Waals surface area contributed by atoms with E-state index in [0.717, 1.165) is 20.3 Å². The third-order valence-electron chi connectivity index (χ3n) is 2.07. The Labute approximate surface area is 102 Å². The predicted octanol–water partition coefficient (Wildman–Crippen LogP) is 2.12. The molecule has 0 amide bonds. The van der Waals surface area contributed by atoms with Gasteiger partial charge < -0.3 is 0 Å². The summed E-state index contributed by atoms with van der Waals surface area (Å²) >= 11 is 3.32. The molecule has 4 nitrogen and oxygen atoms in total. The topological polar surface area (TPSA) is 52.0 Å². The molecule has 0 unspecified atom stereocenters. The molecule has 0 radical (unpaired) electrons. The summed E-state index contributed by atoms with van der Waals surface area (Å²) in [4.78, 5) is 4.05. The molecule has 6 heteroatoms. The normalized spacial score (nSPS) is 11.6. The molecule has 1 aromatic heterocycles. The van der Waals surface area contributed by atoms with E-state index in [2.05, 4.69) is 20.9 Å². The van der Waals surface area contributed by atoms with Crippen molar-refractivity contribution in [1.82, 2.24) is 8.96 Å². The van der Waals surface area contributed by atoms with Crippen LogP contribution >= 0.6 is 15.9 Å². The fourth-order valence-electron chi connectivity index (χ4n) is 1.36. The Morgan fingerprint density at radius 2 is 1.88 bits per heavy atom. The van der Waals surface area contributed by atoms with Crippen LogP contribution in [0.25, 0.3) is 11.4 Å². The molecule has 0 saturated heterocycles. The SMILES string of the molecule is CS(=O)(=O)n1ccnc1-c1ccc(Br)cc1. The maximum atomic E-state index is 11.5. The Morgan fingerprint density at radius 1 is 1.25 bits per heavy atom. The number of imidazole rings is 1. The third-order valence-corrected chi connectivity index (χ3v) is 3.61. The van der Waals surface area contributed by atoms with Gasteiger partial charge in [-0.3, -0.25) is 0 Å². The molecule has 0 spiro atoms. The summed E-state index contributed by atoms with van der Waals surface area (Å²) < 4.78 is 25.0. The van der Waals surface area contributed by atoms with Gasteiger partial charge in [0.05, 0.1) is 6.26 Å². The summed E-state index contributed by atoms with van der Waals surface area (Å²) in [5, 5.41) is 0. The van der Waals surface area contributed by atoms with Gasteiger partial charge in [0.1, 0.15) is 0 Å². The summed E-state index contributed by atoms with van der Waals surface area (Å²) in [7, 11) is -3.31. The minimum absolute atomic E-state index is 0.426. The lowest BCUT2D eigenvalue weighted by molar-refractivity contribution is 0.594. The first kappa shape index (κ1) is 11.3. The number of nitrogens with zero attached hydrogens (tertiary/aromatic N) is 2. The van der Waals surface area contributed by atoms with Gasteiger partial charge in [0.2, 0.25) is 10.0 Å². The van der Waals surface area contributed by atoms with Crippen molar-refractivity contribution in [2.24, 2.45) is 0 Å². The van der Waals surface area contributed by atoms with Gasteiger partial charge in [-0.1, -0.05) is 28.1 Å². The third kappa shape index (κ3) is 2.17. The Hall–Kier alpha value is -1.14. The molecule has 0 bridgehead atoms. The minimum atomic E-state index is -3.31. The smallest absolute Gasteiger partial charge is 0.236 e. The van der Waals surface area contributed by atoms with Crippen LogP contribution in [0, 0.1) is 0 Å². The second-order valence-electron chi connectivity index (χ2n) is 3.32. The molecular weight excluding hydrogens is 292 g/mol. The van der Waals surface area contributed by atoms with Gasteiger partial charge in [-0.25, -0.2) is 17.4 Å². The van der Waals surface area contributed by atoms with Crippen molar-refractivity contribution < 1.29 is 8.42 Å². The number of hydrogen-bond acceptors (Lipinski definition) is 3. The minimum Gasteiger partial charge on any atom is -0.236 e. The van der Waals surface area contributed by atoms with E-state index in [4.69, 9.17) is 0 Å². The van der Waals surface area contributed by atoms with E-state index in [1.807, 2.05) is 24.3 Å². The van der Waals surface area contributed by atoms with Crippen LogP contribution in [-0.4, -0.2) is 23.6 Å². The van der Waals surface area contributed by atoms with Crippen molar-refractivity contribution in [1.29, 1.82) is 0 Å². The van der Waals surface area contributed by atoms with E-state index < -0.39 is 10.0 Å². The van der Waals surface area contributed by atoms with Crippen molar-refractivity contribution >= 4 is 26.0 Å². The van der Waals surface area contributed by atoms with E-state index >= 15 is 0 Å². The van der Waals surface area contributed by atoms with Crippen LogP contribution in [0.2, 0.25) is 0 Å². The van der Waals surface area contributed by atoms with Crippen molar-refractivity contribution in [3.8, 4) is 11.4 Å². The van der Waals surface area contributed by atoms with Crippen LogP contribution in [0.1, 0.15) is 0 Å². The molecular formula is C10H9BrN2O2S. The van der Waals surface area contributed by atoms with Crippen LogP contribution in [0.3, 0.4) is 0 Å². The largest absolute Gasteiger partial charge is 0.237 e. The number of aromatic nitrogens is 2. The molecule has 16 heavy (non-hydrogen) atoms. The maximum Gasteiger partial charge on any atom is 0.237 e. The molecule has 0 fully saturated rings. The number of benzene rings is 1. The van der Waals surface area contributed by atoms with Gasteiger partial charge in [0.25, 0.3) is 0 Å². The first-order chi connectivity index (χ1) is 7.48. The highest BCUT2D eigenvalue weighted by Crippen LogP contribution is 2.21. The van der Waals surface area contributed by atoms with Crippen molar-refractivity contribution in [3.63, 3.8) is 0 Å². The van der Waals surface area contributed by atoms with Gasteiger partial charge >= 0.3 is 0 Å². The summed E-state index contributed by atoms with van der Waals surface area (Å²) in [6.07, 6.45) is 4.06. The number of halogens is 1. The van der Waals surface area contributed by atoms with E-state index in [1.165, 1.54) is 12.4 Å². The Kier molecular flexibility index (Phi) is 2.86. The predicted molar refractivity (Wildman–Crippen MR) is 65.6 cm³/mol. The fourth-order valence-corrected chi connectivity index (χ4v) is 2.37. The van der Waals surface area contributed by atoms with Gasteiger partial charge in [0, 0.05) is 22.4 Å². The van der Waals surface area contributed by atoms with E-state index in [1.54, 1.807) is 0 Å². The summed E-state index contributed by atoms with van der Waals surface area (Å²) in [6.45, 7) is 0.